The Balaban J connectivity index is 1.94. The molecule has 3 aromatic heterocycles. The number of hydrogen-bond acceptors (Lipinski definition) is 5. The predicted molar refractivity (Wildman–Crippen MR) is 130 cm³/mol. The first-order valence-corrected chi connectivity index (χ1v) is 31.7. The van der Waals surface area contributed by atoms with Crippen LogP contribution < -0.4 is 5.79 Å². The van der Waals surface area contributed by atoms with E-state index in [2.05, 4.69) is 50.5 Å². The van der Waals surface area contributed by atoms with Crippen LogP contribution in [0.5, 0.6) is 0 Å². The monoisotopic (exact) mass is 664 g/mol. The van der Waals surface area contributed by atoms with Crippen molar-refractivity contribution >= 4 is 88.0 Å². The van der Waals surface area contributed by atoms with Crippen LogP contribution in [0.3, 0.4) is 0 Å². The van der Waals surface area contributed by atoms with E-state index in [0.29, 0.717) is 11.0 Å². The molecular weight excluding hydrogens is 640 g/mol. The summed E-state index contributed by atoms with van der Waals surface area (Å²) in [5.74, 6) is -1.63. The second-order valence-electron chi connectivity index (χ2n) is 9.17. The van der Waals surface area contributed by atoms with Gasteiger partial charge in [-0.05, 0) is 0 Å². The van der Waals surface area contributed by atoms with Gasteiger partial charge in [-0.25, -0.2) is 0 Å². The first-order chi connectivity index (χ1) is 13.5. The van der Waals surface area contributed by atoms with Crippen LogP contribution in [0, 0.1) is 11.6 Å². The molecule has 0 bridgehead atoms. The summed E-state index contributed by atoms with van der Waals surface area (Å²) in [4.78, 5) is 15.4. The van der Waals surface area contributed by atoms with Crippen molar-refractivity contribution in [3.63, 3.8) is 0 Å². The molecule has 152 valence electrons. The number of hydrogen-bond donors (Lipinski definition) is 0. The van der Waals surface area contributed by atoms with Gasteiger partial charge in [-0.15, -0.1) is 0 Å². The van der Waals surface area contributed by atoms with Crippen LogP contribution in [0.15, 0.2) is 24.3 Å². The van der Waals surface area contributed by atoms with E-state index in [0.717, 1.165) is 21.5 Å². The van der Waals surface area contributed by atoms with E-state index in [9.17, 15) is 0 Å². The van der Waals surface area contributed by atoms with E-state index < -0.39 is 48.4 Å². The molecule has 29 heavy (non-hydrogen) atoms. The van der Waals surface area contributed by atoms with Crippen molar-refractivity contribution in [1.29, 1.82) is 0 Å². The van der Waals surface area contributed by atoms with Crippen LogP contribution in [-0.4, -0.2) is 45.5 Å². The number of nitrogens with zero attached hydrogens (tertiary/aromatic N) is 2. The molecule has 0 aliphatic rings. The van der Waals surface area contributed by atoms with E-state index >= 15 is 8.78 Å². The molecule has 0 fully saturated rings. The molecule has 0 aliphatic carbocycles. The van der Waals surface area contributed by atoms with Crippen molar-refractivity contribution in [2.24, 2.45) is 0 Å². The van der Waals surface area contributed by atoms with Crippen molar-refractivity contribution in [3.05, 3.63) is 35.9 Å². The Kier molecular flexibility index (Phi) is 5.94. The van der Waals surface area contributed by atoms with E-state index in [1.165, 1.54) is 5.79 Å². The third kappa shape index (κ3) is 4.06. The van der Waals surface area contributed by atoms with Crippen molar-refractivity contribution in [1.82, 2.24) is 8.75 Å². The molecule has 0 saturated heterocycles. The molecule has 2 nitrogen and oxygen atoms in total. The van der Waals surface area contributed by atoms with Gasteiger partial charge in [-0.1, -0.05) is 0 Å². The molecule has 9 heteroatoms. The zero-order valence-corrected chi connectivity index (χ0v) is 25.3. The molecule has 0 atom stereocenters. The summed E-state index contributed by atoms with van der Waals surface area (Å²) in [5.41, 5.74) is 1.45. The standard InChI is InChI=1S/C14H4F2N2S3.6CH3.2Sn/c15-11-9(7-3-1-5-19-7)13-14(18-21-17-13)10(12(11)16)8-4-2-6-20-8;;;;;;;;/h1-4H;6*1H3;;. The van der Waals surface area contributed by atoms with Crippen LogP contribution in [-0.2, 0) is 0 Å². The maximum absolute atomic E-state index is 15.4. The fraction of sp³-hybridized carbons (Fsp3) is 0.300. The first-order valence-electron chi connectivity index (χ1n) is 9.33. The summed E-state index contributed by atoms with van der Waals surface area (Å²) in [6.45, 7) is 0. The third-order valence-corrected chi connectivity index (χ3v) is 26.5. The molecule has 1 aromatic carbocycles. The number of benzene rings is 1. The van der Waals surface area contributed by atoms with E-state index in [4.69, 9.17) is 0 Å². The Bertz CT molecular complexity index is 1120. The molecule has 0 saturated carbocycles. The van der Waals surface area contributed by atoms with Crippen molar-refractivity contribution in [2.75, 3.05) is 0 Å². The molecule has 0 unspecified atom stereocenters. The summed E-state index contributed by atoms with van der Waals surface area (Å²) < 4.78 is 42.2. The van der Waals surface area contributed by atoms with Gasteiger partial charge in [0.15, 0.2) is 0 Å². The van der Waals surface area contributed by atoms with E-state index in [-0.39, 0.29) is 11.1 Å². The second-order valence-corrected chi connectivity index (χ2v) is 42.7. The number of aromatic nitrogens is 2. The zero-order chi connectivity index (χ0) is 21.1. The first kappa shape index (κ1) is 22.1. The maximum atomic E-state index is 15.4. The summed E-state index contributed by atoms with van der Waals surface area (Å²) in [6.07, 6.45) is 0. The average molecular weight is 662 g/mol. The van der Waals surface area contributed by atoms with Crippen LogP contribution >= 0.6 is 34.4 Å². The van der Waals surface area contributed by atoms with Gasteiger partial charge in [-0.3, -0.25) is 0 Å². The summed E-state index contributed by atoms with van der Waals surface area (Å²) in [6, 6.07) is 7.98. The Morgan fingerprint density at radius 1 is 0.655 bits per heavy atom. The molecule has 3 heterocycles. The average Bonchev–Trinajstić information content (AvgIpc) is 3.34. The Morgan fingerprint density at radius 2 is 1.03 bits per heavy atom. The van der Waals surface area contributed by atoms with Crippen LogP contribution in [0.2, 0.25) is 29.6 Å². The number of halogens is 2. The van der Waals surface area contributed by atoms with Gasteiger partial charge < -0.3 is 0 Å². The van der Waals surface area contributed by atoms with Gasteiger partial charge in [0.1, 0.15) is 0 Å². The van der Waals surface area contributed by atoms with Gasteiger partial charge in [0.25, 0.3) is 0 Å². The van der Waals surface area contributed by atoms with Gasteiger partial charge in [0.05, 0.1) is 0 Å². The minimum atomic E-state index is -2.29. The topological polar surface area (TPSA) is 25.8 Å². The van der Waals surface area contributed by atoms with Gasteiger partial charge in [0, 0.05) is 0 Å². The van der Waals surface area contributed by atoms with Gasteiger partial charge in [-0.2, -0.15) is 0 Å². The molecule has 4 rings (SSSR count). The van der Waals surface area contributed by atoms with Crippen LogP contribution in [0.1, 0.15) is 0 Å². The zero-order valence-electron chi connectivity index (χ0n) is 17.2. The molecule has 4 aromatic rings. The van der Waals surface area contributed by atoms with Crippen LogP contribution in [0.25, 0.3) is 31.9 Å². The molecular formula is C20H22F2N2S3Sn2. The predicted octanol–water partition coefficient (Wildman–Crippen LogP) is 6.52. The number of rotatable bonds is 4. The number of fused-ring (bicyclic) bond motifs is 1. The van der Waals surface area contributed by atoms with E-state index in [1.54, 1.807) is 22.7 Å². The third-order valence-electron chi connectivity index (χ3n) is 4.78. The molecule has 0 spiro atoms. The quantitative estimate of drug-likeness (QED) is 0.233. The van der Waals surface area contributed by atoms with Crippen LogP contribution in [0.4, 0.5) is 8.78 Å². The van der Waals surface area contributed by atoms with Crippen molar-refractivity contribution < 1.29 is 8.78 Å². The molecule has 0 amide bonds. The Labute approximate surface area is 190 Å². The van der Waals surface area contributed by atoms with Crippen molar-refractivity contribution in [3.8, 4) is 20.9 Å². The summed E-state index contributed by atoms with van der Waals surface area (Å²) >= 11 is -0.404. The number of thiophene rings is 2. The minimum absolute atomic E-state index is 0.258. The van der Waals surface area contributed by atoms with Gasteiger partial charge in [0.2, 0.25) is 0 Å². The molecule has 0 radical (unpaired) electrons. The normalized spacial score (nSPS) is 12.8. The Hall–Kier alpha value is -0.103. The fourth-order valence-corrected chi connectivity index (χ4v) is 16.4. The summed E-state index contributed by atoms with van der Waals surface area (Å²) in [5, 5.41) is 0. The summed E-state index contributed by atoms with van der Waals surface area (Å²) in [7, 11) is 0. The van der Waals surface area contributed by atoms with Gasteiger partial charge >= 0.3 is 192 Å². The molecule has 0 N–H and O–H groups in total. The SMILES string of the molecule is [CH3][Sn]([CH3])([CH3])[c]1ccc(-c2c(F)c(F)c(-c3cc[c]([Sn]([CH3])([CH3])[CH3])s3)c3nsnc23)s1. The van der Waals surface area contributed by atoms with Crippen molar-refractivity contribution in [2.45, 2.75) is 29.6 Å². The molecule has 0 aliphatic heterocycles. The fourth-order valence-electron chi connectivity index (χ4n) is 3.14. The second kappa shape index (κ2) is 7.79. The Morgan fingerprint density at radius 3 is 1.34 bits per heavy atom. The van der Waals surface area contributed by atoms with E-state index in [1.807, 2.05) is 12.1 Å².